The highest BCUT2D eigenvalue weighted by molar-refractivity contribution is 5.43. The smallest absolute Gasteiger partial charge is 0.125 e. The maximum atomic E-state index is 6.01. The molecule has 2 heteroatoms. The Morgan fingerprint density at radius 2 is 1.72 bits per heavy atom. The van der Waals surface area contributed by atoms with Gasteiger partial charge in [0.25, 0.3) is 0 Å². The van der Waals surface area contributed by atoms with Crippen LogP contribution in [-0.2, 0) is 6.42 Å². The Kier molecular flexibility index (Phi) is 5.67. The molecule has 2 nitrogen and oxygen atoms in total. The quantitative estimate of drug-likeness (QED) is 0.835. The van der Waals surface area contributed by atoms with Crippen LogP contribution < -0.4 is 10.5 Å². The van der Waals surface area contributed by atoms with Crippen molar-refractivity contribution in [3.8, 4) is 5.75 Å². The first-order valence-electron chi connectivity index (χ1n) is 6.92. The molecule has 0 aliphatic rings. The summed E-state index contributed by atoms with van der Waals surface area (Å²) >= 11 is 0. The lowest BCUT2D eigenvalue weighted by molar-refractivity contribution is 0.267. The van der Waals surface area contributed by atoms with E-state index in [2.05, 4.69) is 46.8 Å². The maximum Gasteiger partial charge on any atom is 0.125 e. The highest BCUT2D eigenvalue weighted by atomic mass is 16.5. The van der Waals surface area contributed by atoms with Gasteiger partial charge >= 0.3 is 0 Å². The van der Waals surface area contributed by atoms with Crippen LogP contribution in [0.25, 0.3) is 0 Å². The minimum atomic E-state index is 0.256. The largest absolute Gasteiger partial charge is 0.493 e. The van der Waals surface area contributed by atoms with Gasteiger partial charge in [-0.15, -0.1) is 0 Å². The molecule has 0 fully saturated rings. The summed E-state index contributed by atoms with van der Waals surface area (Å²) in [6.45, 7) is 11.5. The molecular formula is C16H27NO. The Hall–Kier alpha value is -1.02. The van der Waals surface area contributed by atoms with Crippen molar-refractivity contribution in [3.63, 3.8) is 0 Å². The van der Waals surface area contributed by atoms with Crippen LogP contribution in [0.1, 0.15) is 43.9 Å². The SMILES string of the molecule is CCC(N)Cc1cc(C)c(OCC(C)C)c(C)c1. The first kappa shape index (κ1) is 15.0. The normalized spacial score (nSPS) is 12.8. The molecule has 0 radical (unpaired) electrons. The summed E-state index contributed by atoms with van der Waals surface area (Å²) in [5, 5.41) is 0. The van der Waals surface area contributed by atoms with Crippen LogP contribution in [0, 0.1) is 19.8 Å². The second kappa shape index (κ2) is 6.79. The molecule has 1 aromatic rings. The fraction of sp³-hybridized carbons (Fsp3) is 0.625. The number of hydrogen-bond donors (Lipinski definition) is 1. The van der Waals surface area contributed by atoms with E-state index < -0.39 is 0 Å². The van der Waals surface area contributed by atoms with Gasteiger partial charge in [0, 0.05) is 6.04 Å². The number of hydrogen-bond acceptors (Lipinski definition) is 2. The zero-order valence-corrected chi connectivity index (χ0v) is 12.4. The summed E-state index contributed by atoms with van der Waals surface area (Å²) < 4.78 is 5.88. The van der Waals surface area contributed by atoms with Gasteiger partial charge in [-0.3, -0.25) is 0 Å². The van der Waals surface area contributed by atoms with Gasteiger partial charge in [-0.05, 0) is 49.3 Å². The minimum Gasteiger partial charge on any atom is -0.493 e. The number of rotatable bonds is 6. The highest BCUT2D eigenvalue weighted by Crippen LogP contribution is 2.26. The van der Waals surface area contributed by atoms with Crippen LogP contribution >= 0.6 is 0 Å². The summed E-state index contributed by atoms with van der Waals surface area (Å²) in [5.74, 6) is 1.59. The number of ether oxygens (including phenoxy) is 1. The molecule has 102 valence electrons. The van der Waals surface area contributed by atoms with E-state index in [4.69, 9.17) is 10.5 Å². The van der Waals surface area contributed by atoms with E-state index in [1.165, 1.54) is 16.7 Å². The van der Waals surface area contributed by atoms with Crippen LogP contribution in [0.2, 0.25) is 0 Å². The first-order chi connectivity index (χ1) is 8.43. The molecule has 0 spiro atoms. The van der Waals surface area contributed by atoms with Crippen molar-refractivity contribution in [2.75, 3.05) is 6.61 Å². The second-order valence-electron chi connectivity index (χ2n) is 5.64. The van der Waals surface area contributed by atoms with Crippen molar-refractivity contribution in [2.45, 2.75) is 53.5 Å². The van der Waals surface area contributed by atoms with E-state index >= 15 is 0 Å². The van der Waals surface area contributed by atoms with Gasteiger partial charge in [-0.1, -0.05) is 32.9 Å². The van der Waals surface area contributed by atoms with Gasteiger partial charge < -0.3 is 10.5 Å². The summed E-state index contributed by atoms with van der Waals surface area (Å²) in [6, 6.07) is 4.67. The van der Waals surface area contributed by atoms with Gasteiger partial charge in [-0.2, -0.15) is 0 Å². The molecule has 0 aliphatic heterocycles. The molecule has 0 saturated carbocycles. The summed E-state index contributed by atoms with van der Waals surface area (Å²) in [4.78, 5) is 0. The molecule has 0 heterocycles. The van der Waals surface area contributed by atoms with Crippen molar-refractivity contribution < 1.29 is 4.74 Å². The van der Waals surface area contributed by atoms with Crippen molar-refractivity contribution in [3.05, 3.63) is 28.8 Å². The van der Waals surface area contributed by atoms with Crippen LogP contribution in [-0.4, -0.2) is 12.6 Å². The third kappa shape index (κ3) is 4.34. The molecule has 18 heavy (non-hydrogen) atoms. The summed E-state index contributed by atoms with van der Waals surface area (Å²) in [7, 11) is 0. The second-order valence-corrected chi connectivity index (χ2v) is 5.64. The summed E-state index contributed by atoms with van der Waals surface area (Å²) in [5.41, 5.74) is 9.76. The molecular weight excluding hydrogens is 222 g/mol. The Labute approximate surface area is 112 Å². The van der Waals surface area contributed by atoms with Crippen molar-refractivity contribution in [2.24, 2.45) is 11.7 Å². The molecule has 0 amide bonds. The van der Waals surface area contributed by atoms with E-state index in [1.807, 2.05) is 0 Å². The molecule has 2 N–H and O–H groups in total. The van der Waals surface area contributed by atoms with Crippen LogP contribution in [0.15, 0.2) is 12.1 Å². The average Bonchev–Trinajstić information content (AvgIpc) is 2.27. The molecule has 0 bridgehead atoms. The van der Waals surface area contributed by atoms with Gasteiger partial charge in [0.2, 0.25) is 0 Å². The Balaban J connectivity index is 2.83. The lowest BCUT2D eigenvalue weighted by Gasteiger charge is -2.16. The van der Waals surface area contributed by atoms with Gasteiger partial charge in [0.1, 0.15) is 5.75 Å². The zero-order valence-electron chi connectivity index (χ0n) is 12.4. The van der Waals surface area contributed by atoms with E-state index in [9.17, 15) is 0 Å². The Morgan fingerprint density at radius 1 is 1.17 bits per heavy atom. The fourth-order valence-electron chi connectivity index (χ4n) is 2.08. The van der Waals surface area contributed by atoms with Gasteiger partial charge in [0.05, 0.1) is 6.61 Å². The van der Waals surface area contributed by atoms with Crippen molar-refractivity contribution in [1.29, 1.82) is 0 Å². The third-order valence-electron chi connectivity index (χ3n) is 3.10. The third-order valence-corrected chi connectivity index (χ3v) is 3.10. The van der Waals surface area contributed by atoms with Crippen molar-refractivity contribution >= 4 is 0 Å². The van der Waals surface area contributed by atoms with Crippen LogP contribution in [0.4, 0.5) is 0 Å². The molecule has 1 aromatic carbocycles. The lowest BCUT2D eigenvalue weighted by Crippen LogP contribution is -2.21. The molecule has 0 aromatic heterocycles. The number of aryl methyl sites for hydroxylation is 2. The minimum absolute atomic E-state index is 0.256. The lowest BCUT2D eigenvalue weighted by atomic mass is 9.99. The summed E-state index contributed by atoms with van der Waals surface area (Å²) in [6.07, 6.45) is 1.96. The predicted molar refractivity (Wildman–Crippen MR) is 78.2 cm³/mol. The molecule has 1 unspecified atom stereocenters. The van der Waals surface area contributed by atoms with Gasteiger partial charge in [0.15, 0.2) is 0 Å². The first-order valence-corrected chi connectivity index (χ1v) is 6.92. The van der Waals surface area contributed by atoms with E-state index in [0.717, 1.165) is 25.2 Å². The predicted octanol–water partition coefficient (Wildman–Crippen LogP) is 3.62. The number of nitrogens with two attached hydrogens (primary N) is 1. The maximum absolute atomic E-state index is 6.01. The monoisotopic (exact) mass is 249 g/mol. The molecule has 1 atom stereocenters. The van der Waals surface area contributed by atoms with Crippen LogP contribution in [0.5, 0.6) is 5.75 Å². The van der Waals surface area contributed by atoms with E-state index in [1.54, 1.807) is 0 Å². The zero-order chi connectivity index (χ0) is 13.7. The Morgan fingerprint density at radius 3 is 2.17 bits per heavy atom. The number of benzene rings is 1. The standard InChI is InChI=1S/C16H27NO/c1-6-15(17)9-14-7-12(4)16(13(5)8-14)18-10-11(2)3/h7-8,11,15H,6,9-10,17H2,1-5H3. The molecule has 0 saturated heterocycles. The fourth-order valence-corrected chi connectivity index (χ4v) is 2.08. The van der Waals surface area contributed by atoms with E-state index in [0.29, 0.717) is 5.92 Å². The van der Waals surface area contributed by atoms with E-state index in [-0.39, 0.29) is 6.04 Å². The van der Waals surface area contributed by atoms with Gasteiger partial charge in [-0.25, -0.2) is 0 Å². The Bertz CT molecular complexity index is 362. The van der Waals surface area contributed by atoms with Crippen LogP contribution in [0.3, 0.4) is 0 Å². The average molecular weight is 249 g/mol. The molecule has 0 aliphatic carbocycles. The van der Waals surface area contributed by atoms with Crippen molar-refractivity contribution in [1.82, 2.24) is 0 Å². The topological polar surface area (TPSA) is 35.2 Å². The highest BCUT2D eigenvalue weighted by Gasteiger charge is 2.09. The molecule has 1 rings (SSSR count).